The molecule has 0 spiro atoms. The van der Waals surface area contributed by atoms with Crippen LogP contribution in [0.3, 0.4) is 0 Å². The molecule has 4 rings (SSSR count). The molecule has 2 N–H and O–H groups in total. The van der Waals surface area contributed by atoms with Gasteiger partial charge in [-0.25, -0.2) is 0 Å². The first kappa shape index (κ1) is 27.1. The van der Waals surface area contributed by atoms with Crippen LogP contribution >= 0.6 is 0 Å². The molecule has 198 valence electrons. The molecule has 2 amide bonds. The van der Waals surface area contributed by atoms with Crippen molar-refractivity contribution in [1.82, 2.24) is 5.32 Å². The summed E-state index contributed by atoms with van der Waals surface area (Å²) in [6, 6.07) is 28.3. The van der Waals surface area contributed by atoms with Gasteiger partial charge in [0.15, 0.2) is 0 Å². The van der Waals surface area contributed by atoms with Crippen LogP contribution in [0.4, 0.5) is 5.69 Å². The molecule has 0 saturated carbocycles. The average Bonchev–Trinajstić information content (AvgIpc) is 3.12. The highest BCUT2D eigenvalue weighted by atomic mass is 16.4. The third-order valence-corrected chi connectivity index (χ3v) is 7.31. The van der Waals surface area contributed by atoms with Crippen molar-refractivity contribution in [2.24, 2.45) is 11.8 Å². The first-order chi connectivity index (χ1) is 18.5. The number of nitrogens with one attached hydrogen (secondary N) is 1. The lowest BCUT2D eigenvalue weighted by molar-refractivity contribution is -0.142. The minimum Gasteiger partial charge on any atom is -0.481 e. The van der Waals surface area contributed by atoms with E-state index in [2.05, 4.69) is 5.32 Å². The van der Waals surface area contributed by atoms with Crippen LogP contribution in [0.5, 0.6) is 0 Å². The molecule has 3 unspecified atom stereocenters. The first-order valence-corrected chi connectivity index (χ1v) is 13.5. The van der Waals surface area contributed by atoms with E-state index in [1.807, 2.05) is 91.0 Å². The molecule has 0 bridgehead atoms. The second-order valence-corrected chi connectivity index (χ2v) is 10.1. The van der Waals surface area contributed by atoms with Crippen molar-refractivity contribution in [2.45, 2.75) is 51.0 Å². The Hall–Kier alpha value is -3.93. The highest BCUT2D eigenvalue weighted by Gasteiger charge is 2.32. The number of hydrogen-bond donors (Lipinski definition) is 2. The van der Waals surface area contributed by atoms with Gasteiger partial charge in [0.1, 0.15) is 6.04 Å². The number of carboxylic acids is 1. The Morgan fingerprint density at radius 2 is 1.32 bits per heavy atom. The second-order valence-electron chi connectivity index (χ2n) is 10.1. The molecule has 6 heteroatoms. The molecule has 0 radical (unpaired) electrons. The average molecular weight is 513 g/mol. The maximum absolute atomic E-state index is 13.6. The van der Waals surface area contributed by atoms with E-state index in [0.29, 0.717) is 38.6 Å². The topological polar surface area (TPSA) is 86.7 Å². The molecule has 1 fully saturated rings. The van der Waals surface area contributed by atoms with E-state index in [-0.39, 0.29) is 11.8 Å². The molecule has 6 nitrogen and oxygen atoms in total. The summed E-state index contributed by atoms with van der Waals surface area (Å²) in [5.74, 6) is -2.16. The van der Waals surface area contributed by atoms with Gasteiger partial charge in [-0.05, 0) is 68.2 Å². The fourth-order valence-electron chi connectivity index (χ4n) is 5.17. The molecule has 1 aliphatic rings. The molecule has 38 heavy (non-hydrogen) atoms. The Labute approximate surface area is 224 Å². The summed E-state index contributed by atoms with van der Waals surface area (Å²) in [7, 11) is 0. The number of carboxylic acid groups (broad SMARTS) is 1. The number of hydrogen-bond acceptors (Lipinski definition) is 3. The van der Waals surface area contributed by atoms with Crippen LogP contribution in [-0.2, 0) is 27.2 Å². The molecule has 1 saturated heterocycles. The van der Waals surface area contributed by atoms with Gasteiger partial charge in [0.25, 0.3) is 0 Å². The largest absolute Gasteiger partial charge is 0.481 e. The predicted molar refractivity (Wildman–Crippen MR) is 149 cm³/mol. The van der Waals surface area contributed by atoms with Crippen LogP contribution in [0.25, 0.3) is 0 Å². The molecular formula is C32H36N2O4. The standard InChI is InChI=1S/C32H36N2O4/c35-30(33-29-18-10-11-21-34(31(29)36)28-16-8-3-9-17-28)26(22-24-12-4-1-5-13-24)19-20-27(32(37)38)23-25-14-6-2-7-15-25/h1-9,12-17,26-27,29H,10-11,18-23H2,(H,33,35)(H,37,38). The normalized spacial score (nSPS) is 17.3. The van der Waals surface area contributed by atoms with Crippen LogP contribution in [0.1, 0.15) is 43.2 Å². The fraction of sp³-hybridized carbons (Fsp3) is 0.344. The van der Waals surface area contributed by atoms with Gasteiger partial charge in [0.05, 0.1) is 5.92 Å². The predicted octanol–water partition coefficient (Wildman–Crippen LogP) is 5.27. The number of benzene rings is 3. The van der Waals surface area contributed by atoms with Gasteiger partial charge >= 0.3 is 5.97 Å². The van der Waals surface area contributed by atoms with Crippen LogP contribution in [0.15, 0.2) is 91.0 Å². The van der Waals surface area contributed by atoms with E-state index in [4.69, 9.17) is 0 Å². The van der Waals surface area contributed by atoms with Crippen LogP contribution in [0.2, 0.25) is 0 Å². The van der Waals surface area contributed by atoms with E-state index in [1.165, 1.54) is 0 Å². The quantitative estimate of drug-likeness (QED) is 0.366. The van der Waals surface area contributed by atoms with E-state index >= 15 is 0 Å². The van der Waals surface area contributed by atoms with E-state index in [1.54, 1.807) is 4.90 Å². The lowest BCUT2D eigenvalue weighted by Gasteiger charge is -2.27. The smallest absolute Gasteiger partial charge is 0.306 e. The zero-order chi connectivity index (χ0) is 26.7. The van der Waals surface area contributed by atoms with Gasteiger partial charge in [-0.2, -0.15) is 0 Å². The van der Waals surface area contributed by atoms with Crippen molar-refractivity contribution >= 4 is 23.5 Å². The molecular weight excluding hydrogens is 476 g/mol. The fourth-order valence-corrected chi connectivity index (χ4v) is 5.17. The van der Waals surface area contributed by atoms with Gasteiger partial charge in [0.2, 0.25) is 11.8 Å². The van der Waals surface area contributed by atoms with Crippen LogP contribution in [0, 0.1) is 11.8 Å². The van der Waals surface area contributed by atoms with Crippen LogP contribution < -0.4 is 10.2 Å². The van der Waals surface area contributed by atoms with Crippen molar-refractivity contribution in [2.75, 3.05) is 11.4 Å². The lowest BCUT2D eigenvalue weighted by Crippen LogP contribution is -2.49. The third kappa shape index (κ3) is 7.54. The van der Waals surface area contributed by atoms with Crippen molar-refractivity contribution in [3.63, 3.8) is 0 Å². The molecule has 3 aromatic rings. The summed E-state index contributed by atoms with van der Waals surface area (Å²) in [6.07, 6.45) is 4.04. The third-order valence-electron chi connectivity index (χ3n) is 7.31. The maximum atomic E-state index is 13.6. The number of amides is 2. The second kappa shape index (κ2) is 13.6. The minimum atomic E-state index is -0.856. The lowest BCUT2D eigenvalue weighted by atomic mass is 9.87. The summed E-state index contributed by atoms with van der Waals surface area (Å²) in [4.78, 5) is 40.9. The minimum absolute atomic E-state index is 0.0898. The zero-order valence-corrected chi connectivity index (χ0v) is 21.7. The van der Waals surface area contributed by atoms with Gasteiger partial charge < -0.3 is 15.3 Å². The van der Waals surface area contributed by atoms with E-state index < -0.39 is 23.8 Å². The highest BCUT2D eigenvalue weighted by molar-refractivity contribution is 5.99. The SMILES string of the molecule is O=C(O)C(CCC(Cc1ccccc1)C(=O)NC1CCCCN(c2ccccc2)C1=O)Cc1ccccc1. The van der Waals surface area contributed by atoms with Crippen molar-refractivity contribution < 1.29 is 19.5 Å². The van der Waals surface area contributed by atoms with Gasteiger partial charge in [-0.3, -0.25) is 14.4 Å². The van der Waals surface area contributed by atoms with Gasteiger partial charge in [-0.1, -0.05) is 78.9 Å². The summed E-state index contributed by atoms with van der Waals surface area (Å²) in [6.45, 7) is 0.627. The summed E-state index contributed by atoms with van der Waals surface area (Å²) >= 11 is 0. The Morgan fingerprint density at radius 1 is 0.789 bits per heavy atom. The number of anilines is 1. The van der Waals surface area contributed by atoms with E-state index in [0.717, 1.165) is 29.7 Å². The number of carbonyl (C=O) groups is 3. The van der Waals surface area contributed by atoms with Gasteiger partial charge in [0, 0.05) is 18.2 Å². The number of carbonyl (C=O) groups excluding carboxylic acids is 2. The summed E-state index contributed by atoms with van der Waals surface area (Å²) < 4.78 is 0. The summed E-state index contributed by atoms with van der Waals surface area (Å²) in [5.41, 5.74) is 2.82. The number of aliphatic carboxylic acids is 1. The zero-order valence-electron chi connectivity index (χ0n) is 21.7. The number of para-hydroxylation sites is 1. The number of nitrogens with zero attached hydrogens (tertiary/aromatic N) is 1. The van der Waals surface area contributed by atoms with Crippen molar-refractivity contribution in [3.8, 4) is 0 Å². The van der Waals surface area contributed by atoms with Crippen LogP contribution in [-0.4, -0.2) is 35.5 Å². The molecule has 0 aliphatic carbocycles. The van der Waals surface area contributed by atoms with E-state index in [9.17, 15) is 19.5 Å². The first-order valence-electron chi connectivity index (χ1n) is 13.5. The Balaban J connectivity index is 1.47. The molecule has 0 aromatic heterocycles. The molecule has 1 heterocycles. The molecule has 1 aliphatic heterocycles. The Bertz CT molecular complexity index is 1180. The van der Waals surface area contributed by atoms with Gasteiger partial charge in [-0.15, -0.1) is 0 Å². The maximum Gasteiger partial charge on any atom is 0.306 e. The Kier molecular flexibility index (Phi) is 9.68. The summed E-state index contributed by atoms with van der Waals surface area (Å²) in [5, 5.41) is 12.9. The molecule has 3 aromatic carbocycles. The monoisotopic (exact) mass is 512 g/mol. The number of rotatable bonds is 11. The highest BCUT2D eigenvalue weighted by Crippen LogP contribution is 2.24. The van der Waals surface area contributed by atoms with Crippen molar-refractivity contribution in [3.05, 3.63) is 102 Å². The van der Waals surface area contributed by atoms with Crippen molar-refractivity contribution in [1.29, 1.82) is 0 Å². The Morgan fingerprint density at radius 3 is 1.89 bits per heavy atom. The molecule has 3 atom stereocenters.